The summed E-state index contributed by atoms with van der Waals surface area (Å²) in [5, 5.41) is 14.2. The van der Waals surface area contributed by atoms with E-state index in [1.54, 1.807) is 0 Å². The molecule has 0 amide bonds. The molecular weight excluding hydrogens is 296 g/mol. The van der Waals surface area contributed by atoms with Gasteiger partial charge in [-0.05, 0) is 31.4 Å². The first-order valence-corrected chi connectivity index (χ1v) is 8.93. The van der Waals surface area contributed by atoms with Crippen LogP contribution in [0, 0.1) is 0 Å². The monoisotopic (exact) mass is 324 g/mol. The summed E-state index contributed by atoms with van der Waals surface area (Å²) >= 11 is 0. The molecule has 1 aliphatic heterocycles. The quantitative estimate of drug-likeness (QED) is 0.883. The van der Waals surface area contributed by atoms with Gasteiger partial charge in [-0.1, -0.05) is 60.7 Å². The standard InChI is InChI=1S/C21H28N2O/c1-16(18-9-5-3-6-10-18)22-20-13-14-23(15-21(20)24)17(2)19-11-7-4-8-12-19/h3-12,16-17,20-22,24H,13-15H2,1-2H3. The van der Waals surface area contributed by atoms with Gasteiger partial charge < -0.3 is 10.4 Å². The number of hydrogen-bond acceptors (Lipinski definition) is 3. The average molecular weight is 324 g/mol. The first-order valence-electron chi connectivity index (χ1n) is 8.93. The number of rotatable bonds is 5. The Balaban J connectivity index is 1.57. The van der Waals surface area contributed by atoms with Crippen LogP contribution in [-0.2, 0) is 0 Å². The lowest BCUT2D eigenvalue weighted by molar-refractivity contribution is 0.0204. The van der Waals surface area contributed by atoms with Gasteiger partial charge in [0.25, 0.3) is 0 Å². The fourth-order valence-electron chi connectivity index (χ4n) is 3.60. The van der Waals surface area contributed by atoms with Gasteiger partial charge in [-0.15, -0.1) is 0 Å². The average Bonchev–Trinajstić information content (AvgIpc) is 2.64. The molecule has 0 saturated carbocycles. The number of aliphatic hydroxyl groups is 1. The fraction of sp³-hybridized carbons (Fsp3) is 0.429. The minimum Gasteiger partial charge on any atom is -0.390 e. The smallest absolute Gasteiger partial charge is 0.0820 e. The highest BCUT2D eigenvalue weighted by Crippen LogP contribution is 2.25. The zero-order valence-electron chi connectivity index (χ0n) is 14.6. The molecule has 3 rings (SSSR count). The third-order valence-corrected chi connectivity index (χ3v) is 5.21. The largest absolute Gasteiger partial charge is 0.390 e. The lowest BCUT2D eigenvalue weighted by Crippen LogP contribution is -2.53. The molecule has 3 heteroatoms. The summed E-state index contributed by atoms with van der Waals surface area (Å²) in [7, 11) is 0. The summed E-state index contributed by atoms with van der Waals surface area (Å²) in [6.45, 7) is 6.12. The lowest BCUT2D eigenvalue weighted by atomic mass is 9.96. The van der Waals surface area contributed by atoms with Gasteiger partial charge in [0.1, 0.15) is 0 Å². The van der Waals surface area contributed by atoms with Gasteiger partial charge in [-0.3, -0.25) is 4.90 Å². The van der Waals surface area contributed by atoms with E-state index in [-0.39, 0.29) is 18.2 Å². The van der Waals surface area contributed by atoms with Crippen molar-refractivity contribution in [1.29, 1.82) is 0 Å². The molecule has 2 aromatic rings. The molecule has 4 atom stereocenters. The van der Waals surface area contributed by atoms with E-state index in [1.807, 2.05) is 12.1 Å². The normalized spacial score (nSPS) is 24.5. The molecule has 0 aliphatic carbocycles. The summed E-state index contributed by atoms with van der Waals surface area (Å²) in [6, 6.07) is 21.7. The van der Waals surface area contributed by atoms with Crippen LogP contribution < -0.4 is 5.32 Å². The number of benzene rings is 2. The van der Waals surface area contributed by atoms with Gasteiger partial charge in [0.15, 0.2) is 0 Å². The van der Waals surface area contributed by atoms with Gasteiger partial charge in [0.05, 0.1) is 6.10 Å². The molecular formula is C21H28N2O. The molecule has 1 saturated heterocycles. The maximum atomic E-state index is 10.6. The minimum absolute atomic E-state index is 0.152. The molecule has 4 unspecified atom stereocenters. The van der Waals surface area contributed by atoms with E-state index in [2.05, 4.69) is 72.6 Å². The lowest BCUT2D eigenvalue weighted by Gasteiger charge is -2.40. The van der Waals surface area contributed by atoms with E-state index >= 15 is 0 Å². The van der Waals surface area contributed by atoms with Gasteiger partial charge in [-0.25, -0.2) is 0 Å². The van der Waals surface area contributed by atoms with Crippen LogP contribution in [0.4, 0.5) is 0 Å². The zero-order chi connectivity index (χ0) is 16.9. The molecule has 2 aromatic carbocycles. The van der Waals surface area contributed by atoms with Gasteiger partial charge in [0.2, 0.25) is 0 Å². The van der Waals surface area contributed by atoms with Crippen molar-refractivity contribution in [1.82, 2.24) is 10.2 Å². The van der Waals surface area contributed by atoms with Crippen LogP contribution in [0.1, 0.15) is 43.5 Å². The predicted molar refractivity (Wildman–Crippen MR) is 98.8 cm³/mol. The molecule has 0 spiro atoms. The van der Waals surface area contributed by atoms with Crippen LogP contribution >= 0.6 is 0 Å². The van der Waals surface area contributed by atoms with E-state index in [4.69, 9.17) is 0 Å². The van der Waals surface area contributed by atoms with Crippen LogP contribution in [-0.4, -0.2) is 35.2 Å². The minimum atomic E-state index is -0.337. The summed E-state index contributed by atoms with van der Waals surface area (Å²) in [6.07, 6.45) is 0.631. The SMILES string of the molecule is CC(NC1CCN(C(C)c2ccccc2)CC1O)c1ccccc1. The Morgan fingerprint density at radius 1 is 0.958 bits per heavy atom. The number of nitrogens with zero attached hydrogens (tertiary/aromatic N) is 1. The van der Waals surface area contributed by atoms with Crippen molar-refractivity contribution >= 4 is 0 Å². The molecule has 3 nitrogen and oxygen atoms in total. The Labute approximate surface area is 145 Å². The zero-order valence-corrected chi connectivity index (χ0v) is 14.6. The first-order chi connectivity index (χ1) is 11.6. The molecule has 0 aromatic heterocycles. The number of piperidine rings is 1. The maximum absolute atomic E-state index is 10.6. The Bertz CT molecular complexity index is 616. The number of nitrogens with one attached hydrogen (secondary N) is 1. The first kappa shape index (κ1) is 17.2. The number of likely N-dealkylation sites (tertiary alicyclic amines) is 1. The number of β-amino-alcohol motifs (C(OH)–C–C–N with tert-alkyl or cyclic N) is 1. The van der Waals surface area contributed by atoms with Crippen LogP contribution in [0.3, 0.4) is 0 Å². The van der Waals surface area contributed by atoms with E-state index in [0.29, 0.717) is 6.04 Å². The van der Waals surface area contributed by atoms with Crippen molar-refractivity contribution in [2.45, 2.75) is 44.5 Å². The Morgan fingerprint density at radius 2 is 1.54 bits per heavy atom. The van der Waals surface area contributed by atoms with Gasteiger partial charge in [0, 0.05) is 31.2 Å². The summed E-state index contributed by atoms with van der Waals surface area (Å²) in [5.41, 5.74) is 2.58. The Morgan fingerprint density at radius 3 is 2.12 bits per heavy atom. The number of hydrogen-bond donors (Lipinski definition) is 2. The van der Waals surface area contributed by atoms with E-state index in [9.17, 15) is 5.11 Å². The second-order valence-electron chi connectivity index (χ2n) is 6.84. The topological polar surface area (TPSA) is 35.5 Å². The van der Waals surface area contributed by atoms with E-state index in [0.717, 1.165) is 19.5 Å². The molecule has 24 heavy (non-hydrogen) atoms. The number of aliphatic hydroxyl groups excluding tert-OH is 1. The van der Waals surface area contributed by atoms with Crippen molar-refractivity contribution in [3.05, 3.63) is 71.8 Å². The van der Waals surface area contributed by atoms with Crippen LogP contribution in [0.15, 0.2) is 60.7 Å². The molecule has 1 aliphatic rings. The third kappa shape index (κ3) is 4.04. The molecule has 0 radical (unpaired) electrons. The van der Waals surface area contributed by atoms with Crippen LogP contribution in [0.25, 0.3) is 0 Å². The van der Waals surface area contributed by atoms with Gasteiger partial charge in [-0.2, -0.15) is 0 Å². The molecule has 1 heterocycles. The summed E-state index contributed by atoms with van der Waals surface area (Å²) in [5.74, 6) is 0. The highest BCUT2D eigenvalue weighted by molar-refractivity contribution is 5.19. The van der Waals surface area contributed by atoms with Crippen LogP contribution in [0.2, 0.25) is 0 Å². The van der Waals surface area contributed by atoms with Crippen molar-refractivity contribution in [3.63, 3.8) is 0 Å². The van der Waals surface area contributed by atoms with Crippen molar-refractivity contribution < 1.29 is 5.11 Å². The Hall–Kier alpha value is -1.68. The van der Waals surface area contributed by atoms with Crippen LogP contribution in [0.5, 0.6) is 0 Å². The second kappa shape index (κ2) is 7.93. The van der Waals surface area contributed by atoms with Crippen molar-refractivity contribution in [2.24, 2.45) is 0 Å². The van der Waals surface area contributed by atoms with Gasteiger partial charge >= 0.3 is 0 Å². The Kier molecular flexibility index (Phi) is 5.67. The second-order valence-corrected chi connectivity index (χ2v) is 6.84. The summed E-state index contributed by atoms with van der Waals surface area (Å²) in [4.78, 5) is 2.38. The highest BCUT2D eigenvalue weighted by Gasteiger charge is 2.31. The fourth-order valence-corrected chi connectivity index (χ4v) is 3.60. The molecule has 1 fully saturated rings. The molecule has 2 N–H and O–H groups in total. The van der Waals surface area contributed by atoms with Crippen molar-refractivity contribution in [2.75, 3.05) is 13.1 Å². The van der Waals surface area contributed by atoms with Crippen molar-refractivity contribution in [3.8, 4) is 0 Å². The third-order valence-electron chi connectivity index (χ3n) is 5.21. The molecule has 0 bridgehead atoms. The maximum Gasteiger partial charge on any atom is 0.0820 e. The highest BCUT2D eigenvalue weighted by atomic mass is 16.3. The van der Waals surface area contributed by atoms with E-state index in [1.165, 1.54) is 11.1 Å². The molecule has 128 valence electrons. The summed E-state index contributed by atoms with van der Waals surface area (Å²) < 4.78 is 0. The van der Waals surface area contributed by atoms with E-state index < -0.39 is 0 Å². The predicted octanol–water partition coefficient (Wildman–Crippen LogP) is 3.53.